The summed E-state index contributed by atoms with van der Waals surface area (Å²) in [6.07, 6.45) is 2.23. The maximum absolute atomic E-state index is 11.6. The number of nitrogens with one attached hydrogen (secondary N) is 2. The van der Waals surface area contributed by atoms with Gasteiger partial charge in [-0.1, -0.05) is 6.92 Å². The molecule has 1 saturated heterocycles. The second kappa shape index (κ2) is 7.74. The number of carbonyl (C=O) groups is 1. The minimum Gasteiger partial charge on any atom is -0.353 e. The second-order valence-corrected chi connectivity index (χ2v) is 5.75. The summed E-state index contributed by atoms with van der Waals surface area (Å²) in [5.74, 6) is 0.812. The summed E-state index contributed by atoms with van der Waals surface area (Å²) in [6, 6.07) is 0.922. The predicted molar refractivity (Wildman–Crippen MR) is 75.6 cm³/mol. The zero-order valence-corrected chi connectivity index (χ0v) is 12.3. The molecule has 1 heterocycles. The number of nitrogens with zero attached hydrogens (tertiary/aromatic N) is 1. The summed E-state index contributed by atoms with van der Waals surface area (Å²) >= 11 is 0. The molecule has 1 aliphatic heterocycles. The lowest BCUT2D eigenvalue weighted by Crippen LogP contribution is -2.40. The van der Waals surface area contributed by atoms with E-state index in [1.165, 1.54) is 13.0 Å². The normalized spacial score (nSPS) is 22.4. The lowest BCUT2D eigenvalue weighted by molar-refractivity contribution is -0.120. The van der Waals surface area contributed by atoms with E-state index >= 15 is 0 Å². The van der Waals surface area contributed by atoms with Crippen molar-refractivity contribution in [2.75, 3.05) is 26.2 Å². The molecule has 4 nitrogen and oxygen atoms in total. The van der Waals surface area contributed by atoms with Crippen LogP contribution in [-0.4, -0.2) is 49.1 Å². The number of hydrogen-bond acceptors (Lipinski definition) is 3. The monoisotopic (exact) mass is 255 g/mol. The van der Waals surface area contributed by atoms with E-state index in [0.717, 1.165) is 19.5 Å². The molecule has 1 rings (SSSR count). The van der Waals surface area contributed by atoms with Gasteiger partial charge in [0, 0.05) is 18.6 Å². The Morgan fingerprint density at radius 2 is 2.11 bits per heavy atom. The first-order valence-corrected chi connectivity index (χ1v) is 7.27. The van der Waals surface area contributed by atoms with E-state index in [1.807, 2.05) is 6.92 Å². The van der Waals surface area contributed by atoms with Gasteiger partial charge in [0.05, 0.1) is 6.54 Å². The number of rotatable bonds is 7. The molecule has 0 aromatic rings. The lowest BCUT2D eigenvalue weighted by atomic mass is 10.1. The first-order chi connectivity index (χ1) is 8.52. The zero-order valence-electron chi connectivity index (χ0n) is 12.3. The molecular weight excluding hydrogens is 226 g/mol. The van der Waals surface area contributed by atoms with Gasteiger partial charge in [-0.25, -0.2) is 0 Å². The Hall–Kier alpha value is -0.610. The highest BCUT2D eigenvalue weighted by Gasteiger charge is 2.23. The van der Waals surface area contributed by atoms with Crippen LogP contribution in [0.15, 0.2) is 0 Å². The molecule has 0 saturated carbocycles. The molecule has 0 spiro atoms. The molecule has 106 valence electrons. The van der Waals surface area contributed by atoms with E-state index in [-0.39, 0.29) is 11.9 Å². The average Bonchev–Trinajstić information content (AvgIpc) is 2.77. The van der Waals surface area contributed by atoms with E-state index in [2.05, 4.69) is 36.3 Å². The SMILES string of the molecule is CCC(C)NC(=O)CNCC1CCN(C(C)C)C1. The molecule has 0 aromatic heterocycles. The van der Waals surface area contributed by atoms with Crippen LogP contribution in [0.3, 0.4) is 0 Å². The molecule has 1 fully saturated rings. The van der Waals surface area contributed by atoms with Gasteiger partial charge in [-0.3, -0.25) is 4.79 Å². The van der Waals surface area contributed by atoms with Crippen LogP contribution in [0.25, 0.3) is 0 Å². The van der Waals surface area contributed by atoms with Gasteiger partial charge >= 0.3 is 0 Å². The molecule has 0 aromatic carbocycles. The van der Waals surface area contributed by atoms with Crippen molar-refractivity contribution >= 4 is 5.91 Å². The fraction of sp³-hybridized carbons (Fsp3) is 0.929. The van der Waals surface area contributed by atoms with Crippen LogP contribution in [0.1, 0.15) is 40.5 Å². The maximum atomic E-state index is 11.6. The molecule has 1 aliphatic rings. The van der Waals surface area contributed by atoms with Crippen LogP contribution in [0.4, 0.5) is 0 Å². The van der Waals surface area contributed by atoms with Crippen molar-refractivity contribution in [1.29, 1.82) is 0 Å². The van der Waals surface area contributed by atoms with Gasteiger partial charge in [-0.15, -0.1) is 0 Å². The maximum Gasteiger partial charge on any atom is 0.234 e. The van der Waals surface area contributed by atoms with Gasteiger partial charge in [-0.2, -0.15) is 0 Å². The molecule has 0 aliphatic carbocycles. The molecular formula is C14H29N3O. The Kier molecular flexibility index (Phi) is 6.65. The Morgan fingerprint density at radius 3 is 2.67 bits per heavy atom. The largest absolute Gasteiger partial charge is 0.353 e. The predicted octanol–water partition coefficient (Wildman–Crippen LogP) is 1.22. The van der Waals surface area contributed by atoms with Gasteiger partial charge in [0.2, 0.25) is 5.91 Å². The van der Waals surface area contributed by atoms with Gasteiger partial charge in [0.15, 0.2) is 0 Å². The summed E-state index contributed by atoms with van der Waals surface area (Å²) in [7, 11) is 0. The van der Waals surface area contributed by atoms with Crippen LogP contribution in [-0.2, 0) is 4.79 Å². The van der Waals surface area contributed by atoms with Crippen molar-refractivity contribution in [3.8, 4) is 0 Å². The van der Waals surface area contributed by atoms with Crippen LogP contribution in [0, 0.1) is 5.92 Å². The van der Waals surface area contributed by atoms with Crippen LogP contribution in [0.2, 0.25) is 0 Å². The van der Waals surface area contributed by atoms with Crippen molar-refractivity contribution in [3.05, 3.63) is 0 Å². The van der Waals surface area contributed by atoms with Gasteiger partial charge in [0.1, 0.15) is 0 Å². The Balaban J connectivity index is 2.10. The summed E-state index contributed by atoms with van der Waals surface area (Å²) < 4.78 is 0. The highest BCUT2D eigenvalue weighted by Crippen LogP contribution is 2.17. The molecule has 1 amide bonds. The van der Waals surface area contributed by atoms with Crippen LogP contribution >= 0.6 is 0 Å². The third-order valence-electron chi connectivity index (χ3n) is 3.79. The average molecular weight is 255 g/mol. The van der Waals surface area contributed by atoms with E-state index in [4.69, 9.17) is 0 Å². The van der Waals surface area contributed by atoms with Crippen LogP contribution in [0.5, 0.6) is 0 Å². The third-order valence-corrected chi connectivity index (χ3v) is 3.79. The Morgan fingerprint density at radius 1 is 1.39 bits per heavy atom. The Bertz CT molecular complexity index is 255. The van der Waals surface area contributed by atoms with Crippen molar-refractivity contribution < 1.29 is 4.79 Å². The number of likely N-dealkylation sites (tertiary alicyclic amines) is 1. The van der Waals surface area contributed by atoms with Crippen molar-refractivity contribution in [1.82, 2.24) is 15.5 Å². The first-order valence-electron chi connectivity index (χ1n) is 7.27. The molecule has 0 radical (unpaired) electrons. The minimum absolute atomic E-state index is 0.114. The van der Waals surface area contributed by atoms with Gasteiger partial charge in [-0.05, 0) is 52.6 Å². The first kappa shape index (κ1) is 15.4. The number of carbonyl (C=O) groups excluding carboxylic acids is 1. The standard InChI is InChI=1S/C14H29N3O/c1-5-12(4)16-14(18)9-15-8-13-6-7-17(10-13)11(2)3/h11-13,15H,5-10H2,1-4H3,(H,16,18). The quantitative estimate of drug-likeness (QED) is 0.719. The fourth-order valence-corrected chi connectivity index (χ4v) is 2.32. The molecule has 2 unspecified atom stereocenters. The van der Waals surface area contributed by atoms with Gasteiger partial charge < -0.3 is 15.5 Å². The van der Waals surface area contributed by atoms with Gasteiger partial charge in [0.25, 0.3) is 0 Å². The van der Waals surface area contributed by atoms with Crippen molar-refractivity contribution in [3.63, 3.8) is 0 Å². The van der Waals surface area contributed by atoms with Crippen molar-refractivity contribution in [2.45, 2.75) is 52.6 Å². The smallest absolute Gasteiger partial charge is 0.234 e. The highest BCUT2D eigenvalue weighted by atomic mass is 16.1. The van der Waals surface area contributed by atoms with E-state index < -0.39 is 0 Å². The fourth-order valence-electron chi connectivity index (χ4n) is 2.32. The van der Waals surface area contributed by atoms with E-state index in [9.17, 15) is 4.79 Å². The summed E-state index contributed by atoms with van der Waals surface area (Å²) in [4.78, 5) is 14.1. The van der Waals surface area contributed by atoms with Crippen molar-refractivity contribution in [2.24, 2.45) is 5.92 Å². The summed E-state index contributed by atoms with van der Waals surface area (Å²) in [6.45, 7) is 12.4. The molecule has 0 bridgehead atoms. The second-order valence-electron chi connectivity index (χ2n) is 5.75. The molecule has 18 heavy (non-hydrogen) atoms. The molecule has 2 N–H and O–H groups in total. The Labute approximate surface area is 111 Å². The number of hydrogen-bond donors (Lipinski definition) is 2. The molecule has 4 heteroatoms. The van der Waals surface area contributed by atoms with E-state index in [0.29, 0.717) is 18.5 Å². The zero-order chi connectivity index (χ0) is 13.5. The number of amides is 1. The highest BCUT2D eigenvalue weighted by molar-refractivity contribution is 5.78. The third kappa shape index (κ3) is 5.36. The van der Waals surface area contributed by atoms with E-state index in [1.54, 1.807) is 0 Å². The van der Waals surface area contributed by atoms with Crippen LogP contribution < -0.4 is 10.6 Å². The minimum atomic E-state index is 0.114. The topological polar surface area (TPSA) is 44.4 Å². The summed E-state index contributed by atoms with van der Waals surface area (Å²) in [5.41, 5.74) is 0. The molecule has 2 atom stereocenters. The summed E-state index contributed by atoms with van der Waals surface area (Å²) in [5, 5.41) is 6.25. The lowest BCUT2D eigenvalue weighted by Gasteiger charge is -2.20.